The lowest BCUT2D eigenvalue weighted by atomic mass is 10.1. The van der Waals surface area contributed by atoms with Crippen molar-refractivity contribution in [3.63, 3.8) is 0 Å². The number of aliphatic imine (C=N–C) groups is 1. The molecule has 8 heteroatoms. The molecule has 1 fully saturated rings. The van der Waals surface area contributed by atoms with E-state index in [1.807, 2.05) is 30.3 Å². The van der Waals surface area contributed by atoms with E-state index in [1.54, 1.807) is 10.6 Å². The number of sulfonamides is 1. The van der Waals surface area contributed by atoms with Gasteiger partial charge in [-0.05, 0) is 37.5 Å². The number of benzene rings is 1. The molecule has 1 aromatic heterocycles. The molecule has 158 valence electrons. The van der Waals surface area contributed by atoms with Crippen molar-refractivity contribution in [1.29, 1.82) is 0 Å². The van der Waals surface area contributed by atoms with Gasteiger partial charge in [-0.15, -0.1) is 0 Å². The number of rotatable bonds is 8. The molecule has 2 heterocycles. The molecule has 2 aromatic rings. The van der Waals surface area contributed by atoms with E-state index in [1.165, 1.54) is 6.26 Å². The molecule has 0 saturated carbocycles. The third kappa shape index (κ3) is 6.33. The highest BCUT2D eigenvalue weighted by Gasteiger charge is 2.31. The van der Waals surface area contributed by atoms with Crippen LogP contribution >= 0.6 is 0 Å². The van der Waals surface area contributed by atoms with Crippen molar-refractivity contribution in [2.45, 2.75) is 38.3 Å². The molecule has 0 amide bonds. The first kappa shape index (κ1) is 21.4. The summed E-state index contributed by atoms with van der Waals surface area (Å²) < 4.78 is 30.9. The van der Waals surface area contributed by atoms with Gasteiger partial charge in [0.1, 0.15) is 5.76 Å². The Kier molecular flexibility index (Phi) is 7.33. The topological polar surface area (TPSA) is 86.9 Å². The average Bonchev–Trinajstić information content (AvgIpc) is 3.38. The normalized spacial score (nSPS) is 19.2. The van der Waals surface area contributed by atoms with E-state index in [0.717, 1.165) is 30.6 Å². The van der Waals surface area contributed by atoms with Gasteiger partial charge in [0, 0.05) is 25.6 Å². The Balaban J connectivity index is 1.66. The number of hydrogen-bond acceptors (Lipinski definition) is 4. The van der Waals surface area contributed by atoms with E-state index in [2.05, 4.69) is 29.7 Å². The predicted molar refractivity (Wildman–Crippen MR) is 115 cm³/mol. The molecular formula is C21H30N4O3S. The van der Waals surface area contributed by atoms with Crippen LogP contribution in [0.5, 0.6) is 0 Å². The molecule has 3 rings (SSSR count). The van der Waals surface area contributed by atoms with Crippen molar-refractivity contribution in [1.82, 2.24) is 14.9 Å². The molecule has 1 unspecified atom stereocenters. The Labute approximate surface area is 173 Å². The lowest BCUT2D eigenvalue weighted by Gasteiger charge is -2.22. The van der Waals surface area contributed by atoms with E-state index >= 15 is 0 Å². The molecule has 29 heavy (non-hydrogen) atoms. The largest absolute Gasteiger partial charge is 0.469 e. The summed E-state index contributed by atoms with van der Waals surface area (Å²) in [6, 6.07) is 14.0. The summed E-state index contributed by atoms with van der Waals surface area (Å²) in [5.74, 6) is 1.58. The molecule has 0 aliphatic carbocycles. The molecule has 2 atom stereocenters. The summed E-state index contributed by atoms with van der Waals surface area (Å²) in [6.07, 6.45) is 5.40. The van der Waals surface area contributed by atoms with E-state index in [9.17, 15) is 8.42 Å². The Morgan fingerprint density at radius 2 is 2.07 bits per heavy atom. The maximum Gasteiger partial charge on any atom is 0.211 e. The van der Waals surface area contributed by atoms with E-state index in [-0.39, 0.29) is 12.1 Å². The molecular weight excluding hydrogens is 388 g/mol. The van der Waals surface area contributed by atoms with Crippen LogP contribution in [-0.2, 0) is 16.4 Å². The summed E-state index contributed by atoms with van der Waals surface area (Å²) in [6.45, 7) is 3.76. The molecule has 1 aliphatic heterocycles. The fourth-order valence-electron chi connectivity index (χ4n) is 3.57. The van der Waals surface area contributed by atoms with Gasteiger partial charge in [0.2, 0.25) is 10.0 Å². The van der Waals surface area contributed by atoms with Crippen LogP contribution < -0.4 is 10.6 Å². The van der Waals surface area contributed by atoms with Gasteiger partial charge in [-0.3, -0.25) is 4.99 Å². The lowest BCUT2D eigenvalue weighted by Crippen LogP contribution is -2.42. The van der Waals surface area contributed by atoms with Gasteiger partial charge in [-0.25, -0.2) is 8.42 Å². The first-order chi connectivity index (χ1) is 13.9. The average molecular weight is 419 g/mol. The minimum absolute atomic E-state index is 0.0700. The number of nitrogens with one attached hydrogen (secondary N) is 2. The highest BCUT2D eigenvalue weighted by Crippen LogP contribution is 2.20. The van der Waals surface area contributed by atoms with E-state index in [0.29, 0.717) is 25.6 Å². The number of guanidine groups is 1. The van der Waals surface area contributed by atoms with Crippen LogP contribution in [0.25, 0.3) is 0 Å². The van der Waals surface area contributed by atoms with Crippen molar-refractivity contribution < 1.29 is 12.8 Å². The molecule has 2 N–H and O–H groups in total. The zero-order valence-corrected chi connectivity index (χ0v) is 17.9. The Bertz CT molecular complexity index is 882. The maximum atomic E-state index is 12.0. The van der Waals surface area contributed by atoms with Gasteiger partial charge in [-0.2, -0.15) is 4.31 Å². The SMILES string of the molecule is CC(NC(=NC[C@H]1CCCN1S(C)(=O)=O)NCCc1ccco1)c1ccccc1. The van der Waals surface area contributed by atoms with Crippen molar-refractivity contribution in [3.8, 4) is 0 Å². The van der Waals surface area contributed by atoms with Crippen LogP contribution in [0.2, 0.25) is 0 Å². The number of hydrogen-bond donors (Lipinski definition) is 2. The van der Waals surface area contributed by atoms with Gasteiger partial charge in [-0.1, -0.05) is 30.3 Å². The molecule has 1 aromatic carbocycles. The second kappa shape index (κ2) is 9.93. The van der Waals surface area contributed by atoms with Crippen molar-refractivity contribution in [3.05, 3.63) is 60.1 Å². The quantitative estimate of drug-likeness (QED) is 0.508. The highest BCUT2D eigenvalue weighted by molar-refractivity contribution is 7.88. The standard InChI is InChI=1S/C21H30N4O3S/c1-17(18-8-4-3-5-9-18)24-21(22-13-12-20-11-7-15-28-20)23-16-19-10-6-14-25(19)29(2,26)27/h3-5,7-9,11,15,17,19H,6,10,12-14,16H2,1-2H3,(H2,22,23,24)/t17?,19-/m1/s1. The third-order valence-corrected chi connectivity index (χ3v) is 6.44. The van der Waals surface area contributed by atoms with Crippen LogP contribution in [-0.4, -0.2) is 50.6 Å². The highest BCUT2D eigenvalue weighted by atomic mass is 32.2. The minimum atomic E-state index is -3.20. The van der Waals surface area contributed by atoms with Crippen molar-refractivity contribution >= 4 is 16.0 Å². The van der Waals surface area contributed by atoms with Gasteiger partial charge in [0.15, 0.2) is 5.96 Å². The number of furan rings is 1. The Hall–Kier alpha value is -2.32. The predicted octanol–water partition coefficient (Wildman–Crippen LogP) is 2.54. The van der Waals surface area contributed by atoms with Crippen LogP contribution in [0.3, 0.4) is 0 Å². The van der Waals surface area contributed by atoms with Gasteiger partial charge in [0.05, 0.1) is 25.1 Å². The van der Waals surface area contributed by atoms with Gasteiger partial charge < -0.3 is 15.1 Å². The minimum Gasteiger partial charge on any atom is -0.469 e. The summed E-state index contributed by atoms with van der Waals surface area (Å²) in [7, 11) is -3.20. The van der Waals surface area contributed by atoms with Crippen molar-refractivity contribution in [2.24, 2.45) is 4.99 Å². The second-order valence-electron chi connectivity index (χ2n) is 7.39. The van der Waals surface area contributed by atoms with E-state index < -0.39 is 10.0 Å². The Morgan fingerprint density at radius 3 is 2.76 bits per heavy atom. The summed E-state index contributed by atoms with van der Waals surface area (Å²) in [5, 5.41) is 6.78. The first-order valence-corrected chi connectivity index (χ1v) is 11.9. The lowest BCUT2D eigenvalue weighted by molar-refractivity contribution is 0.396. The Morgan fingerprint density at radius 1 is 1.28 bits per heavy atom. The van der Waals surface area contributed by atoms with Crippen LogP contribution in [0.4, 0.5) is 0 Å². The van der Waals surface area contributed by atoms with Crippen LogP contribution in [0.15, 0.2) is 58.1 Å². The molecule has 7 nitrogen and oxygen atoms in total. The van der Waals surface area contributed by atoms with E-state index in [4.69, 9.17) is 9.41 Å². The van der Waals surface area contributed by atoms with Gasteiger partial charge >= 0.3 is 0 Å². The molecule has 0 spiro atoms. The zero-order chi connectivity index (χ0) is 20.7. The molecule has 1 aliphatic rings. The number of nitrogens with zero attached hydrogens (tertiary/aromatic N) is 2. The fraction of sp³-hybridized carbons (Fsp3) is 0.476. The summed E-state index contributed by atoms with van der Waals surface area (Å²) in [5.41, 5.74) is 1.16. The smallest absolute Gasteiger partial charge is 0.211 e. The molecule has 0 radical (unpaired) electrons. The van der Waals surface area contributed by atoms with Crippen LogP contribution in [0.1, 0.15) is 37.1 Å². The second-order valence-corrected chi connectivity index (χ2v) is 9.33. The first-order valence-electron chi connectivity index (χ1n) is 10.0. The van der Waals surface area contributed by atoms with Crippen molar-refractivity contribution in [2.75, 3.05) is 25.9 Å². The third-order valence-electron chi connectivity index (χ3n) is 5.11. The molecule has 1 saturated heterocycles. The molecule has 0 bridgehead atoms. The monoisotopic (exact) mass is 418 g/mol. The summed E-state index contributed by atoms with van der Waals surface area (Å²) in [4.78, 5) is 4.71. The maximum absolute atomic E-state index is 12.0. The fourth-order valence-corrected chi connectivity index (χ4v) is 4.74. The van der Waals surface area contributed by atoms with Gasteiger partial charge in [0.25, 0.3) is 0 Å². The summed E-state index contributed by atoms with van der Waals surface area (Å²) >= 11 is 0. The zero-order valence-electron chi connectivity index (χ0n) is 17.0. The van der Waals surface area contributed by atoms with Crippen LogP contribution in [0, 0.1) is 0 Å².